The van der Waals surface area contributed by atoms with Crippen LogP contribution in [0.1, 0.15) is 18.2 Å². The topological polar surface area (TPSA) is 13.1 Å². The van der Waals surface area contributed by atoms with E-state index in [0.29, 0.717) is 16.2 Å². The van der Waals surface area contributed by atoms with E-state index in [0.717, 1.165) is 5.39 Å². The summed E-state index contributed by atoms with van der Waals surface area (Å²) in [5.41, 5.74) is 1.26. The van der Waals surface area contributed by atoms with Gasteiger partial charge in [-0.25, -0.2) is 4.39 Å². The van der Waals surface area contributed by atoms with Gasteiger partial charge in [0.1, 0.15) is 5.58 Å². The molecule has 0 unspecified atom stereocenters. The molecular weight excluding hydrogens is 227 g/mol. The predicted molar refractivity (Wildman–Crippen MR) is 66.1 cm³/mol. The number of hydrogen-bond donors (Lipinski definition) is 0. The zero-order valence-corrected chi connectivity index (χ0v) is 9.51. The number of rotatable bonds is 2. The molecule has 2 aromatic rings. The Balaban J connectivity index is 2.80. The lowest BCUT2D eigenvalue weighted by molar-refractivity contribution is 0.570. The van der Waals surface area contributed by atoms with Gasteiger partial charge in [0.2, 0.25) is 0 Å². The monoisotopic (exact) mass is 236 g/mol. The molecule has 1 aromatic heterocycles. The lowest BCUT2D eigenvalue weighted by Gasteiger charge is -1.92. The SMILES string of the molecule is C=C(F)c1oc2cc(Cl)ccc2c1/C=C\C. The second kappa shape index (κ2) is 4.14. The Kier molecular flexibility index (Phi) is 2.84. The molecule has 0 aliphatic heterocycles. The van der Waals surface area contributed by atoms with E-state index in [4.69, 9.17) is 16.0 Å². The Hall–Kier alpha value is -1.54. The van der Waals surface area contributed by atoms with Gasteiger partial charge in [0.25, 0.3) is 0 Å². The van der Waals surface area contributed by atoms with Gasteiger partial charge in [-0.05, 0) is 19.1 Å². The van der Waals surface area contributed by atoms with Crippen LogP contribution in [0.25, 0.3) is 22.9 Å². The summed E-state index contributed by atoms with van der Waals surface area (Å²) in [6.45, 7) is 5.12. The van der Waals surface area contributed by atoms with E-state index >= 15 is 0 Å². The molecule has 0 fully saturated rings. The lowest BCUT2D eigenvalue weighted by Crippen LogP contribution is -1.76. The molecule has 0 amide bonds. The number of fused-ring (bicyclic) bond motifs is 1. The molecule has 0 saturated heterocycles. The maximum Gasteiger partial charge on any atom is 0.170 e. The Bertz CT molecular complexity index is 581. The first-order valence-corrected chi connectivity index (χ1v) is 5.21. The van der Waals surface area contributed by atoms with Crippen LogP contribution in [0.2, 0.25) is 5.02 Å². The molecule has 0 spiro atoms. The van der Waals surface area contributed by atoms with Crippen molar-refractivity contribution in [3.05, 3.63) is 47.2 Å². The smallest absolute Gasteiger partial charge is 0.170 e. The Labute approximate surface area is 97.8 Å². The van der Waals surface area contributed by atoms with E-state index in [1.807, 2.05) is 19.1 Å². The summed E-state index contributed by atoms with van der Waals surface area (Å²) in [5.74, 6) is -0.421. The summed E-state index contributed by atoms with van der Waals surface area (Å²) in [6, 6.07) is 5.22. The maximum absolute atomic E-state index is 13.2. The van der Waals surface area contributed by atoms with Crippen molar-refractivity contribution in [2.45, 2.75) is 6.92 Å². The largest absolute Gasteiger partial charge is 0.453 e. The Morgan fingerprint density at radius 1 is 1.50 bits per heavy atom. The average molecular weight is 237 g/mol. The number of halogens is 2. The molecule has 0 aliphatic rings. The first-order chi connectivity index (χ1) is 7.63. The molecule has 16 heavy (non-hydrogen) atoms. The first-order valence-electron chi connectivity index (χ1n) is 4.83. The van der Waals surface area contributed by atoms with Gasteiger partial charge in [-0.1, -0.05) is 30.3 Å². The molecule has 0 atom stereocenters. The standard InChI is InChI=1S/C13H10ClFO/c1-3-4-11-10-6-5-9(14)7-12(10)16-13(11)8(2)15/h3-7H,2H2,1H3/b4-3-. The van der Waals surface area contributed by atoms with Gasteiger partial charge in [0, 0.05) is 22.0 Å². The summed E-state index contributed by atoms with van der Waals surface area (Å²) in [4.78, 5) is 0. The average Bonchev–Trinajstić information content (AvgIpc) is 2.57. The Morgan fingerprint density at radius 2 is 2.25 bits per heavy atom. The van der Waals surface area contributed by atoms with Crippen molar-refractivity contribution >= 4 is 34.5 Å². The second-order valence-corrected chi connectivity index (χ2v) is 3.83. The van der Waals surface area contributed by atoms with Crippen molar-refractivity contribution in [3.63, 3.8) is 0 Å². The van der Waals surface area contributed by atoms with Gasteiger partial charge < -0.3 is 4.42 Å². The zero-order valence-electron chi connectivity index (χ0n) is 8.76. The normalized spacial score (nSPS) is 11.4. The minimum atomic E-state index is -0.583. The number of hydrogen-bond acceptors (Lipinski definition) is 1. The fourth-order valence-corrected chi connectivity index (χ4v) is 1.79. The third kappa shape index (κ3) is 1.76. The van der Waals surface area contributed by atoms with Gasteiger partial charge >= 0.3 is 0 Å². The van der Waals surface area contributed by atoms with Crippen LogP contribution < -0.4 is 0 Å². The highest BCUT2D eigenvalue weighted by Gasteiger charge is 2.14. The summed E-state index contributed by atoms with van der Waals surface area (Å²) >= 11 is 5.84. The fraction of sp³-hybridized carbons (Fsp3) is 0.0769. The van der Waals surface area contributed by atoms with Crippen LogP contribution in [-0.2, 0) is 0 Å². The van der Waals surface area contributed by atoms with E-state index in [2.05, 4.69) is 6.58 Å². The van der Waals surface area contributed by atoms with Crippen molar-refractivity contribution < 1.29 is 8.81 Å². The maximum atomic E-state index is 13.2. The minimum Gasteiger partial charge on any atom is -0.453 e. The number of furan rings is 1. The molecular formula is C13H10ClFO. The highest BCUT2D eigenvalue weighted by Crippen LogP contribution is 2.33. The fourth-order valence-electron chi connectivity index (χ4n) is 1.62. The molecule has 0 radical (unpaired) electrons. The number of allylic oxidation sites excluding steroid dienone is 1. The van der Waals surface area contributed by atoms with Crippen LogP contribution >= 0.6 is 11.6 Å². The van der Waals surface area contributed by atoms with Crippen molar-refractivity contribution in [1.82, 2.24) is 0 Å². The van der Waals surface area contributed by atoms with E-state index in [9.17, 15) is 4.39 Å². The van der Waals surface area contributed by atoms with Crippen LogP contribution in [0.5, 0.6) is 0 Å². The Morgan fingerprint density at radius 3 is 2.88 bits per heavy atom. The molecule has 0 N–H and O–H groups in total. The van der Waals surface area contributed by atoms with Crippen LogP contribution in [0.3, 0.4) is 0 Å². The van der Waals surface area contributed by atoms with Crippen molar-refractivity contribution in [1.29, 1.82) is 0 Å². The molecule has 82 valence electrons. The van der Waals surface area contributed by atoms with Crippen molar-refractivity contribution in [2.75, 3.05) is 0 Å². The molecule has 0 bridgehead atoms. The molecule has 1 aromatic carbocycles. The summed E-state index contributed by atoms with van der Waals surface area (Å²) in [7, 11) is 0. The molecule has 1 nitrogen and oxygen atoms in total. The van der Waals surface area contributed by atoms with Crippen LogP contribution in [0, 0.1) is 0 Å². The second-order valence-electron chi connectivity index (χ2n) is 3.39. The van der Waals surface area contributed by atoms with Gasteiger partial charge in [-0.2, -0.15) is 0 Å². The quantitative estimate of drug-likeness (QED) is 0.710. The molecule has 0 aliphatic carbocycles. The van der Waals surface area contributed by atoms with E-state index < -0.39 is 5.83 Å². The molecule has 3 heteroatoms. The molecule has 0 saturated carbocycles. The van der Waals surface area contributed by atoms with Gasteiger partial charge in [-0.3, -0.25) is 0 Å². The van der Waals surface area contributed by atoms with Crippen LogP contribution in [0.15, 0.2) is 35.3 Å². The molecule has 2 rings (SSSR count). The third-order valence-electron chi connectivity index (χ3n) is 2.27. The third-order valence-corrected chi connectivity index (χ3v) is 2.51. The van der Waals surface area contributed by atoms with Crippen molar-refractivity contribution in [3.8, 4) is 0 Å². The zero-order chi connectivity index (χ0) is 11.7. The lowest BCUT2D eigenvalue weighted by atomic mass is 10.1. The van der Waals surface area contributed by atoms with E-state index in [1.54, 1.807) is 18.2 Å². The van der Waals surface area contributed by atoms with Gasteiger partial charge in [0.05, 0.1) is 0 Å². The highest BCUT2D eigenvalue weighted by molar-refractivity contribution is 6.31. The van der Waals surface area contributed by atoms with Gasteiger partial charge in [0.15, 0.2) is 11.6 Å². The van der Waals surface area contributed by atoms with E-state index in [-0.39, 0.29) is 5.76 Å². The first kappa shape index (κ1) is 11.0. The minimum absolute atomic E-state index is 0.162. The summed E-state index contributed by atoms with van der Waals surface area (Å²) in [6.07, 6.45) is 3.62. The van der Waals surface area contributed by atoms with Crippen molar-refractivity contribution in [2.24, 2.45) is 0 Å². The number of benzene rings is 1. The van der Waals surface area contributed by atoms with Crippen LogP contribution in [-0.4, -0.2) is 0 Å². The van der Waals surface area contributed by atoms with E-state index in [1.165, 1.54) is 0 Å². The predicted octanol–water partition coefficient (Wildman–Crippen LogP) is 5.06. The van der Waals surface area contributed by atoms with Gasteiger partial charge in [-0.15, -0.1) is 0 Å². The van der Waals surface area contributed by atoms with Crippen LogP contribution in [0.4, 0.5) is 4.39 Å². The summed E-state index contributed by atoms with van der Waals surface area (Å²) in [5, 5.41) is 1.39. The summed E-state index contributed by atoms with van der Waals surface area (Å²) < 4.78 is 18.6. The highest BCUT2D eigenvalue weighted by atomic mass is 35.5. The molecule has 1 heterocycles.